The number of rotatable bonds is 6. The molecule has 0 spiro atoms. The summed E-state index contributed by atoms with van der Waals surface area (Å²) in [6.45, 7) is 15.7. The number of anilines is 1. The second kappa shape index (κ2) is 7.17. The molecule has 1 nitrogen and oxygen atoms in total. The Morgan fingerprint density at radius 3 is 1.62 bits per heavy atom. The van der Waals surface area contributed by atoms with Crippen molar-refractivity contribution in [3.05, 3.63) is 24.3 Å². The van der Waals surface area contributed by atoms with Crippen LogP contribution >= 0.6 is 11.1 Å². The molecule has 0 saturated carbocycles. The number of alkyl halides is 3. The highest BCUT2D eigenvalue weighted by molar-refractivity contribution is 7.26. The third kappa shape index (κ3) is 6.24. The molecule has 0 N–H and O–H groups in total. The van der Waals surface area contributed by atoms with E-state index >= 15 is 0 Å². The Hall–Kier alpha value is -0.249. The summed E-state index contributed by atoms with van der Waals surface area (Å²) in [4.78, 5) is 0. The Bertz CT molecular complexity index is 532. The summed E-state index contributed by atoms with van der Waals surface area (Å²) < 4.78 is 40.1. The molecule has 138 valence electrons. The summed E-state index contributed by atoms with van der Waals surface area (Å²) in [6.07, 6.45) is -4.95. The smallest absolute Gasteiger partial charge is 0.388 e. The average molecular weight is 412 g/mol. The highest BCUT2D eigenvalue weighted by Gasteiger charge is 2.37. The van der Waals surface area contributed by atoms with E-state index in [1.807, 2.05) is 24.3 Å². The van der Waals surface area contributed by atoms with E-state index in [9.17, 15) is 13.2 Å². The van der Waals surface area contributed by atoms with Crippen LogP contribution in [0.25, 0.3) is 0 Å². The highest BCUT2D eigenvalue weighted by atomic mass is 35.6. The van der Waals surface area contributed by atoms with Crippen LogP contribution in [-0.4, -0.2) is 30.0 Å². The van der Waals surface area contributed by atoms with Gasteiger partial charge in [-0.3, -0.25) is 0 Å². The maximum atomic E-state index is 12.5. The number of halogens is 4. The molecule has 0 aliphatic heterocycles. The lowest BCUT2D eigenvalue weighted by Gasteiger charge is -2.46. The lowest BCUT2D eigenvalue weighted by Crippen LogP contribution is -2.59. The zero-order chi connectivity index (χ0) is 19.0. The fourth-order valence-electron chi connectivity index (χ4n) is 3.26. The maximum absolute atomic E-state index is 12.5. The zero-order valence-corrected chi connectivity index (χ0v) is 19.4. The standard InChI is InChI=1S/C16H29ClF3NSi3/c1-22(2,3)21(23(4,5)6)14-8-10-15(11-9-14)24(7,17)13-12-16(18,19)20/h8-11H,12-13H2,1-7H3. The molecule has 0 heterocycles. The van der Waals surface area contributed by atoms with Crippen LogP contribution in [0.4, 0.5) is 18.9 Å². The van der Waals surface area contributed by atoms with Gasteiger partial charge in [0.1, 0.15) is 16.5 Å². The first kappa shape index (κ1) is 21.8. The molecule has 0 aliphatic carbocycles. The van der Waals surface area contributed by atoms with Gasteiger partial charge in [-0.05, 0) is 23.4 Å². The molecule has 0 aromatic heterocycles. The first-order valence-electron chi connectivity index (χ1n) is 8.21. The van der Waals surface area contributed by atoms with Crippen LogP contribution in [-0.2, 0) is 0 Å². The van der Waals surface area contributed by atoms with E-state index in [-0.39, 0.29) is 6.04 Å². The first-order chi connectivity index (χ1) is 10.5. The van der Waals surface area contributed by atoms with Crippen LogP contribution in [0.2, 0.25) is 51.9 Å². The van der Waals surface area contributed by atoms with Crippen molar-refractivity contribution >= 4 is 45.8 Å². The van der Waals surface area contributed by atoms with Crippen molar-refractivity contribution in [1.29, 1.82) is 0 Å². The maximum Gasteiger partial charge on any atom is 0.388 e. The van der Waals surface area contributed by atoms with Crippen molar-refractivity contribution in [2.24, 2.45) is 0 Å². The van der Waals surface area contributed by atoms with Crippen LogP contribution in [0, 0.1) is 0 Å². The van der Waals surface area contributed by atoms with Crippen molar-refractivity contribution in [3.63, 3.8) is 0 Å². The Morgan fingerprint density at radius 2 is 1.29 bits per heavy atom. The zero-order valence-electron chi connectivity index (χ0n) is 15.7. The van der Waals surface area contributed by atoms with Gasteiger partial charge in [-0.1, -0.05) is 58.0 Å². The fourth-order valence-corrected chi connectivity index (χ4v) is 15.7. The monoisotopic (exact) mass is 411 g/mol. The van der Waals surface area contributed by atoms with Crippen molar-refractivity contribution < 1.29 is 13.2 Å². The van der Waals surface area contributed by atoms with Gasteiger partial charge in [0.25, 0.3) is 0 Å². The normalized spacial score (nSPS) is 16.0. The highest BCUT2D eigenvalue weighted by Crippen LogP contribution is 2.30. The Labute approximate surface area is 152 Å². The summed E-state index contributed by atoms with van der Waals surface area (Å²) in [5, 5.41) is 0.878. The van der Waals surface area contributed by atoms with Crippen molar-refractivity contribution in [3.8, 4) is 0 Å². The molecule has 8 heteroatoms. The van der Waals surface area contributed by atoms with Gasteiger partial charge < -0.3 is 4.23 Å². The van der Waals surface area contributed by atoms with Crippen molar-refractivity contribution in [2.75, 3.05) is 4.23 Å². The third-order valence-electron chi connectivity index (χ3n) is 3.95. The largest absolute Gasteiger partial charge is 0.425 e. The van der Waals surface area contributed by atoms with E-state index in [4.69, 9.17) is 11.1 Å². The molecule has 0 amide bonds. The van der Waals surface area contributed by atoms with Gasteiger partial charge in [-0.2, -0.15) is 24.3 Å². The molecule has 1 aromatic carbocycles. The predicted octanol–water partition coefficient (Wildman–Crippen LogP) is 6.14. The fraction of sp³-hybridized carbons (Fsp3) is 0.625. The minimum absolute atomic E-state index is 0.0170. The molecule has 1 atom stereocenters. The van der Waals surface area contributed by atoms with E-state index in [1.54, 1.807) is 6.55 Å². The van der Waals surface area contributed by atoms with E-state index in [0.717, 1.165) is 5.19 Å². The van der Waals surface area contributed by atoms with E-state index in [0.29, 0.717) is 0 Å². The van der Waals surface area contributed by atoms with Crippen LogP contribution in [0.3, 0.4) is 0 Å². The number of hydrogen-bond donors (Lipinski definition) is 0. The number of hydrogen-bond acceptors (Lipinski definition) is 1. The molecule has 0 radical (unpaired) electrons. The predicted molar refractivity (Wildman–Crippen MR) is 108 cm³/mol. The molecule has 1 rings (SSSR count). The lowest BCUT2D eigenvalue weighted by atomic mass is 10.3. The van der Waals surface area contributed by atoms with Gasteiger partial charge in [0.2, 0.25) is 0 Å². The first-order valence-corrected chi connectivity index (χ1v) is 18.8. The van der Waals surface area contributed by atoms with E-state index < -0.39 is 36.5 Å². The van der Waals surface area contributed by atoms with Crippen molar-refractivity contribution in [1.82, 2.24) is 0 Å². The second-order valence-corrected chi connectivity index (χ2v) is 24.5. The second-order valence-electron chi connectivity index (χ2n) is 8.54. The summed E-state index contributed by atoms with van der Waals surface area (Å²) in [7, 11) is -5.67. The summed E-state index contributed by atoms with van der Waals surface area (Å²) in [6, 6.07) is 8.00. The van der Waals surface area contributed by atoms with Gasteiger partial charge in [-0.15, -0.1) is 0 Å². The Balaban J connectivity index is 3.07. The van der Waals surface area contributed by atoms with E-state index in [1.165, 1.54) is 5.69 Å². The molecule has 0 bridgehead atoms. The molecular weight excluding hydrogens is 383 g/mol. The van der Waals surface area contributed by atoms with Gasteiger partial charge in [0.05, 0.1) is 0 Å². The van der Waals surface area contributed by atoms with Gasteiger partial charge >= 0.3 is 6.18 Å². The lowest BCUT2D eigenvalue weighted by molar-refractivity contribution is -0.130. The number of benzene rings is 1. The van der Waals surface area contributed by atoms with Gasteiger partial charge in [0.15, 0.2) is 7.38 Å². The molecule has 0 fully saturated rings. The summed E-state index contributed by atoms with van der Waals surface area (Å²) in [5.41, 5.74) is 1.18. The number of nitrogens with zero attached hydrogens (tertiary/aromatic N) is 1. The molecule has 0 aliphatic rings. The Morgan fingerprint density at radius 1 is 0.875 bits per heavy atom. The van der Waals surface area contributed by atoms with Crippen LogP contribution in [0.1, 0.15) is 6.42 Å². The van der Waals surface area contributed by atoms with Crippen molar-refractivity contribution in [2.45, 2.75) is 64.5 Å². The van der Waals surface area contributed by atoms with Gasteiger partial charge in [-0.25, -0.2) is 0 Å². The minimum atomic E-state index is -4.14. The van der Waals surface area contributed by atoms with Crippen LogP contribution in [0.15, 0.2) is 24.3 Å². The summed E-state index contributed by atoms with van der Waals surface area (Å²) in [5.74, 6) is 0. The van der Waals surface area contributed by atoms with E-state index in [2.05, 4.69) is 43.5 Å². The molecule has 24 heavy (non-hydrogen) atoms. The third-order valence-corrected chi connectivity index (χ3v) is 15.1. The van der Waals surface area contributed by atoms with Crippen LogP contribution < -0.4 is 9.42 Å². The molecule has 0 saturated heterocycles. The SMILES string of the molecule is C[Si](Cl)(CCC(F)(F)F)c1ccc(N([Si](C)(C)C)[Si](C)(C)C)cc1. The molecule has 1 unspecified atom stereocenters. The van der Waals surface area contributed by atoms with Crippen LogP contribution in [0.5, 0.6) is 0 Å². The summed E-state index contributed by atoms with van der Waals surface area (Å²) >= 11 is 6.52. The van der Waals surface area contributed by atoms with Gasteiger partial charge in [0, 0.05) is 12.1 Å². The molecule has 1 aromatic rings. The average Bonchev–Trinajstić information content (AvgIpc) is 2.33. The Kier molecular flexibility index (Phi) is 6.51. The topological polar surface area (TPSA) is 3.24 Å². The quantitative estimate of drug-likeness (QED) is 0.401. The molecular formula is C16H29ClF3NSi3. The minimum Gasteiger partial charge on any atom is -0.425 e.